The second-order valence-electron chi connectivity index (χ2n) is 4.57. The number of aryl methyl sites for hydroxylation is 1. The largest absolute Gasteiger partial charge is 0.308 e. The molecule has 2 heterocycles. The third-order valence-corrected chi connectivity index (χ3v) is 5.70. The fraction of sp³-hybridized carbons (Fsp3) is 0.692. The van der Waals surface area contributed by atoms with Gasteiger partial charge in [-0.2, -0.15) is 11.8 Å². The van der Waals surface area contributed by atoms with Crippen molar-refractivity contribution in [3.8, 4) is 0 Å². The van der Waals surface area contributed by atoms with E-state index in [1.54, 1.807) is 0 Å². The molecule has 90 valence electrons. The Kier molecular flexibility index (Phi) is 4.74. The summed E-state index contributed by atoms with van der Waals surface area (Å²) < 4.78 is 0. The van der Waals surface area contributed by atoms with Gasteiger partial charge in [0.05, 0.1) is 0 Å². The van der Waals surface area contributed by atoms with Gasteiger partial charge >= 0.3 is 0 Å². The van der Waals surface area contributed by atoms with Crippen molar-refractivity contribution in [1.82, 2.24) is 5.32 Å². The molecule has 1 nitrogen and oxygen atoms in total. The fourth-order valence-corrected chi connectivity index (χ4v) is 4.22. The average molecular weight is 255 g/mol. The van der Waals surface area contributed by atoms with Crippen LogP contribution in [0.5, 0.6) is 0 Å². The highest BCUT2D eigenvalue weighted by Gasteiger charge is 2.15. The maximum atomic E-state index is 3.67. The minimum atomic E-state index is 0.515. The normalized spacial score (nSPS) is 23.2. The number of hydrogen-bond donors (Lipinski definition) is 1. The van der Waals surface area contributed by atoms with E-state index in [9.17, 15) is 0 Å². The SMILES string of the molecule is Cc1ccc(C(C)NCC2CCCCS2)s1. The van der Waals surface area contributed by atoms with Crippen LogP contribution in [0.25, 0.3) is 0 Å². The third kappa shape index (κ3) is 3.51. The van der Waals surface area contributed by atoms with Crippen LogP contribution in [0.2, 0.25) is 0 Å². The Morgan fingerprint density at radius 3 is 2.94 bits per heavy atom. The van der Waals surface area contributed by atoms with E-state index in [1.807, 2.05) is 11.3 Å². The van der Waals surface area contributed by atoms with Crippen molar-refractivity contribution in [2.45, 2.75) is 44.4 Å². The Morgan fingerprint density at radius 2 is 2.31 bits per heavy atom. The minimum Gasteiger partial charge on any atom is -0.308 e. The van der Waals surface area contributed by atoms with Crippen molar-refractivity contribution in [2.75, 3.05) is 12.3 Å². The summed E-state index contributed by atoms with van der Waals surface area (Å²) in [5.74, 6) is 1.36. The Labute approximate surface area is 107 Å². The minimum absolute atomic E-state index is 0.515. The lowest BCUT2D eigenvalue weighted by Gasteiger charge is -2.23. The molecular formula is C13H21NS2. The zero-order chi connectivity index (χ0) is 11.4. The molecule has 0 radical (unpaired) electrons. The van der Waals surface area contributed by atoms with E-state index < -0.39 is 0 Å². The first-order chi connectivity index (χ1) is 7.75. The van der Waals surface area contributed by atoms with Gasteiger partial charge < -0.3 is 5.32 Å². The second-order valence-corrected chi connectivity index (χ2v) is 7.29. The number of thioether (sulfide) groups is 1. The quantitative estimate of drug-likeness (QED) is 0.873. The van der Waals surface area contributed by atoms with Gasteiger partial charge in [0.15, 0.2) is 0 Å². The summed E-state index contributed by atoms with van der Waals surface area (Å²) in [6.45, 7) is 5.62. The van der Waals surface area contributed by atoms with Crippen LogP contribution in [-0.2, 0) is 0 Å². The van der Waals surface area contributed by atoms with E-state index in [0.29, 0.717) is 6.04 Å². The van der Waals surface area contributed by atoms with Crippen molar-refractivity contribution in [2.24, 2.45) is 0 Å². The van der Waals surface area contributed by atoms with Gasteiger partial charge in [-0.15, -0.1) is 11.3 Å². The summed E-state index contributed by atoms with van der Waals surface area (Å²) in [5.41, 5.74) is 0. The lowest BCUT2D eigenvalue weighted by atomic mass is 10.2. The molecule has 1 N–H and O–H groups in total. The first-order valence-electron chi connectivity index (χ1n) is 6.17. The van der Waals surface area contributed by atoms with Gasteiger partial charge in [-0.1, -0.05) is 6.42 Å². The maximum absolute atomic E-state index is 3.67. The summed E-state index contributed by atoms with van der Waals surface area (Å²) in [7, 11) is 0. The monoisotopic (exact) mass is 255 g/mol. The molecule has 2 atom stereocenters. The van der Waals surface area contributed by atoms with Crippen LogP contribution in [0.15, 0.2) is 12.1 Å². The molecular weight excluding hydrogens is 234 g/mol. The van der Waals surface area contributed by atoms with Crippen molar-refractivity contribution in [3.63, 3.8) is 0 Å². The lowest BCUT2D eigenvalue weighted by molar-refractivity contribution is 0.543. The molecule has 1 aromatic rings. The van der Waals surface area contributed by atoms with Crippen molar-refractivity contribution < 1.29 is 0 Å². The van der Waals surface area contributed by atoms with E-state index in [4.69, 9.17) is 0 Å². The van der Waals surface area contributed by atoms with E-state index in [2.05, 4.69) is 43.1 Å². The zero-order valence-corrected chi connectivity index (χ0v) is 11.8. The summed E-state index contributed by atoms with van der Waals surface area (Å²) >= 11 is 4.06. The van der Waals surface area contributed by atoms with Crippen LogP contribution in [0.1, 0.15) is 42.0 Å². The van der Waals surface area contributed by atoms with Crippen LogP contribution in [0.3, 0.4) is 0 Å². The Morgan fingerprint density at radius 1 is 1.44 bits per heavy atom. The summed E-state index contributed by atoms with van der Waals surface area (Å²) in [6.07, 6.45) is 4.24. The Balaban J connectivity index is 1.76. The van der Waals surface area contributed by atoms with Crippen molar-refractivity contribution in [1.29, 1.82) is 0 Å². The van der Waals surface area contributed by atoms with Gasteiger partial charge in [0.2, 0.25) is 0 Å². The van der Waals surface area contributed by atoms with Crippen LogP contribution in [-0.4, -0.2) is 17.5 Å². The van der Waals surface area contributed by atoms with Gasteiger partial charge in [-0.05, 0) is 44.6 Å². The molecule has 0 amide bonds. The number of nitrogens with one attached hydrogen (secondary N) is 1. The molecule has 1 aromatic heterocycles. The Bertz CT molecular complexity index is 315. The van der Waals surface area contributed by atoms with E-state index in [-0.39, 0.29) is 0 Å². The van der Waals surface area contributed by atoms with Crippen LogP contribution in [0.4, 0.5) is 0 Å². The molecule has 0 aliphatic carbocycles. The highest BCUT2D eigenvalue weighted by molar-refractivity contribution is 7.99. The van der Waals surface area contributed by atoms with Gasteiger partial charge in [0.1, 0.15) is 0 Å². The van der Waals surface area contributed by atoms with Gasteiger partial charge in [0, 0.05) is 27.6 Å². The number of rotatable bonds is 4. The molecule has 0 bridgehead atoms. The second kappa shape index (κ2) is 6.08. The first kappa shape index (κ1) is 12.5. The molecule has 1 aliphatic rings. The van der Waals surface area contributed by atoms with Crippen LogP contribution in [0, 0.1) is 6.92 Å². The molecule has 0 aromatic carbocycles. The number of hydrogen-bond acceptors (Lipinski definition) is 3. The topological polar surface area (TPSA) is 12.0 Å². The Hall–Kier alpha value is 0.01000. The summed E-state index contributed by atoms with van der Waals surface area (Å²) in [4.78, 5) is 2.88. The molecule has 2 unspecified atom stereocenters. The van der Waals surface area contributed by atoms with Crippen LogP contribution < -0.4 is 5.32 Å². The highest BCUT2D eigenvalue weighted by atomic mass is 32.2. The van der Waals surface area contributed by atoms with Gasteiger partial charge in [-0.3, -0.25) is 0 Å². The van der Waals surface area contributed by atoms with E-state index in [0.717, 1.165) is 5.25 Å². The summed E-state index contributed by atoms with van der Waals surface area (Å²) in [6, 6.07) is 4.99. The molecule has 3 heteroatoms. The van der Waals surface area contributed by atoms with Crippen molar-refractivity contribution in [3.05, 3.63) is 21.9 Å². The standard InChI is InChI=1S/C13H21NS2/c1-10-6-7-13(16-10)11(2)14-9-12-5-3-4-8-15-12/h6-7,11-12,14H,3-5,8-9H2,1-2H3. The van der Waals surface area contributed by atoms with Gasteiger partial charge in [0.25, 0.3) is 0 Å². The van der Waals surface area contributed by atoms with Crippen molar-refractivity contribution >= 4 is 23.1 Å². The molecule has 1 aliphatic heterocycles. The first-order valence-corrected chi connectivity index (χ1v) is 8.03. The molecule has 0 spiro atoms. The third-order valence-electron chi connectivity index (χ3n) is 3.11. The lowest BCUT2D eigenvalue weighted by Crippen LogP contribution is -2.28. The van der Waals surface area contributed by atoms with Gasteiger partial charge in [-0.25, -0.2) is 0 Å². The highest BCUT2D eigenvalue weighted by Crippen LogP contribution is 2.26. The molecule has 1 saturated heterocycles. The summed E-state index contributed by atoms with van der Waals surface area (Å²) in [5, 5.41) is 4.52. The fourth-order valence-electron chi connectivity index (χ4n) is 2.06. The smallest absolute Gasteiger partial charge is 0.0386 e. The zero-order valence-electron chi connectivity index (χ0n) is 10.2. The van der Waals surface area contributed by atoms with Crippen LogP contribution >= 0.6 is 23.1 Å². The maximum Gasteiger partial charge on any atom is 0.0386 e. The number of thiophene rings is 1. The predicted octanol–water partition coefficient (Wildman–Crippen LogP) is 3.99. The molecule has 0 saturated carbocycles. The molecule has 1 fully saturated rings. The predicted molar refractivity (Wildman–Crippen MR) is 75.6 cm³/mol. The molecule has 16 heavy (non-hydrogen) atoms. The average Bonchev–Trinajstić information content (AvgIpc) is 2.74. The van der Waals surface area contributed by atoms with E-state index in [1.165, 1.54) is 41.3 Å². The van der Waals surface area contributed by atoms with E-state index >= 15 is 0 Å². The molecule has 2 rings (SSSR count).